The Morgan fingerprint density at radius 1 is 1.33 bits per heavy atom. The molecule has 0 aliphatic rings. The van der Waals surface area contributed by atoms with E-state index in [1.165, 1.54) is 32.1 Å². The van der Waals surface area contributed by atoms with Crippen molar-refractivity contribution in [2.75, 3.05) is 0 Å². The molecule has 0 aliphatic carbocycles. The van der Waals surface area contributed by atoms with Crippen LogP contribution in [0.1, 0.15) is 52.4 Å². The zero-order chi connectivity index (χ0) is 11.7. The van der Waals surface area contributed by atoms with Gasteiger partial charge >= 0.3 is 5.97 Å². The maximum Gasteiger partial charge on any atom is 0.330 e. The molecule has 0 aromatic rings. The van der Waals surface area contributed by atoms with Gasteiger partial charge in [-0.25, -0.2) is 4.79 Å². The van der Waals surface area contributed by atoms with Gasteiger partial charge in [0.15, 0.2) is 0 Å². The lowest BCUT2D eigenvalue weighted by atomic mass is 10.1. The summed E-state index contributed by atoms with van der Waals surface area (Å²) in [4.78, 5) is 10.6. The molecule has 2 nitrogen and oxygen atoms in total. The Labute approximate surface area is 106 Å². The minimum absolute atomic E-state index is 0.361. The molecule has 1 unspecified atom stereocenters. The van der Waals surface area contributed by atoms with Crippen molar-refractivity contribution >= 4 is 28.6 Å². The molecule has 0 aliphatic heterocycles. The highest BCUT2D eigenvalue weighted by molar-refractivity contribution is 14.1. The number of rotatable bonds is 8. The van der Waals surface area contributed by atoms with E-state index >= 15 is 0 Å². The second kappa shape index (κ2) is 9.19. The molecule has 15 heavy (non-hydrogen) atoms. The number of unbranched alkanes of at least 4 members (excludes halogenated alkanes) is 4. The Morgan fingerprint density at radius 3 is 2.47 bits per heavy atom. The van der Waals surface area contributed by atoms with Crippen LogP contribution >= 0.6 is 22.6 Å². The minimum Gasteiger partial charge on any atom is -0.478 e. The van der Waals surface area contributed by atoms with Crippen molar-refractivity contribution in [3.8, 4) is 0 Å². The summed E-state index contributed by atoms with van der Waals surface area (Å²) >= 11 is 2.31. The van der Waals surface area contributed by atoms with Crippen LogP contribution in [0.25, 0.3) is 0 Å². The van der Waals surface area contributed by atoms with E-state index in [1.807, 2.05) is 6.08 Å². The standard InChI is InChI=1S/C12H21IO2/c1-3-4-5-6-7-8-11(13)9-10(2)12(14)15/h9,11H,3-8H2,1-2H3,(H,14,15). The van der Waals surface area contributed by atoms with Crippen molar-refractivity contribution in [2.45, 2.75) is 56.3 Å². The van der Waals surface area contributed by atoms with Crippen molar-refractivity contribution in [3.05, 3.63) is 11.6 Å². The number of aliphatic carboxylic acids is 1. The molecule has 0 saturated heterocycles. The highest BCUT2D eigenvalue weighted by Crippen LogP contribution is 2.15. The van der Waals surface area contributed by atoms with Crippen LogP contribution in [0.5, 0.6) is 0 Å². The summed E-state index contributed by atoms with van der Waals surface area (Å²) in [6, 6.07) is 0. The summed E-state index contributed by atoms with van der Waals surface area (Å²) in [5, 5.41) is 8.70. The average Bonchev–Trinajstić information content (AvgIpc) is 2.17. The first-order valence-corrected chi connectivity index (χ1v) is 6.88. The van der Waals surface area contributed by atoms with E-state index in [0.29, 0.717) is 9.50 Å². The molecule has 0 amide bonds. The highest BCUT2D eigenvalue weighted by atomic mass is 127. The maximum absolute atomic E-state index is 10.6. The van der Waals surface area contributed by atoms with Gasteiger partial charge in [-0.1, -0.05) is 67.7 Å². The van der Waals surface area contributed by atoms with Crippen LogP contribution < -0.4 is 0 Å². The predicted octanol–water partition coefficient (Wildman–Crippen LogP) is 4.18. The van der Waals surface area contributed by atoms with E-state index in [9.17, 15) is 4.79 Å². The normalized spacial score (nSPS) is 13.9. The molecule has 0 spiro atoms. The van der Waals surface area contributed by atoms with Crippen LogP contribution in [0.2, 0.25) is 0 Å². The molecule has 0 saturated carbocycles. The molecule has 0 heterocycles. The Hall–Kier alpha value is -0.0600. The summed E-state index contributed by atoms with van der Waals surface area (Å²) in [7, 11) is 0. The summed E-state index contributed by atoms with van der Waals surface area (Å²) in [6.07, 6.45) is 9.31. The summed E-state index contributed by atoms with van der Waals surface area (Å²) < 4.78 is 0.361. The van der Waals surface area contributed by atoms with Gasteiger partial charge in [0.25, 0.3) is 0 Å². The first-order chi connectivity index (χ1) is 7.07. The Balaban J connectivity index is 3.61. The van der Waals surface area contributed by atoms with Gasteiger partial charge in [0.2, 0.25) is 0 Å². The molecule has 0 aromatic carbocycles. The van der Waals surface area contributed by atoms with E-state index in [2.05, 4.69) is 29.5 Å². The molecule has 3 heteroatoms. The third-order valence-corrected chi connectivity index (χ3v) is 3.33. The molecule has 0 bridgehead atoms. The highest BCUT2D eigenvalue weighted by Gasteiger charge is 2.04. The molecule has 1 atom stereocenters. The zero-order valence-electron chi connectivity index (χ0n) is 9.63. The number of carboxylic acids is 1. The molecular weight excluding hydrogens is 303 g/mol. The smallest absolute Gasteiger partial charge is 0.330 e. The zero-order valence-corrected chi connectivity index (χ0v) is 11.8. The van der Waals surface area contributed by atoms with Crippen molar-refractivity contribution in [3.63, 3.8) is 0 Å². The number of allylic oxidation sites excluding steroid dienone is 1. The SMILES string of the molecule is CCCCCCCC(I)C=C(C)C(=O)O. The Morgan fingerprint density at radius 2 is 1.93 bits per heavy atom. The Kier molecular flexibility index (Phi) is 9.15. The fraction of sp³-hybridized carbons (Fsp3) is 0.750. The van der Waals surface area contributed by atoms with E-state index in [1.54, 1.807) is 6.92 Å². The third kappa shape index (κ3) is 8.90. The number of carbonyl (C=O) groups is 1. The largest absolute Gasteiger partial charge is 0.478 e. The van der Waals surface area contributed by atoms with Crippen molar-refractivity contribution in [1.29, 1.82) is 0 Å². The van der Waals surface area contributed by atoms with Gasteiger partial charge in [0.05, 0.1) is 0 Å². The van der Waals surface area contributed by atoms with Gasteiger partial charge in [-0.3, -0.25) is 0 Å². The van der Waals surface area contributed by atoms with E-state index in [-0.39, 0.29) is 0 Å². The Bertz CT molecular complexity index is 212. The monoisotopic (exact) mass is 324 g/mol. The van der Waals surface area contributed by atoms with Gasteiger partial charge in [-0.15, -0.1) is 0 Å². The summed E-state index contributed by atoms with van der Waals surface area (Å²) in [5.74, 6) is -0.803. The van der Waals surface area contributed by atoms with Gasteiger partial charge in [0.1, 0.15) is 0 Å². The number of carboxylic acid groups (broad SMARTS) is 1. The van der Waals surface area contributed by atoms with Gasteiger partial charge in [-0.2, -0.15) is 0 Å². The van der Waals surface area contributed by atoms with Crippen molar-refractivity contribution in [2.24, 2.45) is 0 Å². The number of hydrogen-bond acceptors (Lipinski definition) is 1. The summed E-state index contributed by atoms with van der Waals surface area (Å²) in [5.41, 5.74) is 0.461. The van der Waals surface area contributed by atoms with Gasteiger partial charge in [0, 0.05) is 9.50 Å². The molecule has 0 fully saturated rings. The van der Waals surface area contributed by atoms with Crippen LogP contribution in [0.3, 0.4) is 0 Å². The van der Waals surface area contributed by atoms with E-state index < -0.39 is 5.97 Å². The van der Waals surface area contributed by atoms with Crippen molar-refractivity contribution in [1.82, 2.24) is 0 Å². The lowest BCUT2D eigenvalue weighted by molar-refractivity contribution is -0.132. The fourth-order valence-electron chi connectivity index (χ4n) is 1.37. The quantitative estimate of drug-likeness (QED) is 0.315. The first-order valence-electron chi connectivity index (χ1n) is 5.63. The third-order valence-electron chi connectivity index (χ3n) is 2.35. The topological polar surface area (TPSA) is 37.3 Å². The maximum atomic E-state index is 10.6. The molecule has 0 rings (SSSR count). The van der Waals surface area contributed by atoms with Crippen LogP contribution in [-0.2, 0) is 4.79 Å². The number of alkyl halides is 1. The second-order valence-corrected chi connectivity index (χ2v) is 5.47. The van der Waals surface area contributed by atoms with Gasteiger partial charge < -0.3 is 5.11 Å². The lowest BCUT2D eigenvalue weighted by Gasteiger charge is -2.05. The van der Waals surface area contributed by atoms with E-state index in [4.69, 9.17) is 5.11 Å². The average molecular weight is 324 g/mol. The number of halogens is 1. The van der Waals surface area contributed by atoms with Crippen LogP contribution in [0.4, 0.5) is 0 Å². The van der Waals surface area contributed by atoms with Crippen LogP contribution in [0, 0.1) is 0 Å². The first kappa shape index (κ1) is 14.9. The van der Waals surface area contributed by atoms with Gasteiger partial charge in [-0.05, 0) is 13.3 Å². The van der Waals surface area contributed by atoms with Crippen LogP contribution in [0.15, 0.2) is 11.6 Å². The molecular formula is C12H21IO2. The summed E-state index contributed by atoms with van der Waals surface area (Å²) in [6.45, 7) is 3.87. The van der Waals surface area contributed by atoms with Crippen molar-refractivity contribution < 1.29 is 9.90 Å². The van der Waals surface area contributed by atoms with E-state index in [0.717, 1.165) is 6.42 Å². The molecule has 88 valence electrons. The fourth-order valence-corrected chi connectivity index (χ4v) is 2.35. The molecule has 0 aromatic heterocycles. The second-order valence-electron chi connectivity index (χ2n) is 3.87. The predicted molar refractivity (Wildman–Crippen MR) is 72.6 cm³/mol. The molecule has 0 radical (unpaired) electrons. The molecule has 1 N–H and O–H groups in total. The minimum atomic E-state index is -0.803. The lowest BCUT2D eigenvalue weighted by Crippen LogP contribution is -2.01. The number of hydrogen-bond donors (Lipinski definition) is 1. The van der Waals surface area contributed by atoms with Crippen LogP contribution in [-0.4, -0.2) is 15.0 Å².